The van der Waals surface area contributed by atoms with Crippen LogP contribution in [0.4, 0.5) is 0 Å². The average molecular weight is 238 g/mol. The third kappa shape index (κ3) is 5.33. The van der Waals surface area contributed by atoms with E-state index in [0.29, 0.717) is 19.7 Å². The molecule has 0 aliphatic heterocycles. The van der Waals surface area contributed by atoms with Gasteiger partial charge in [0.05, 0.1) is 6.61 Å². The van der Waals surface area contributed by atoms with Gasteiger partial charge in [0, 0.05) is 18.7 Å². The minimum atomic E-state index is -0.471. The second-order valence-electron chi connectivity index (χ2n) is 3.83. The Morgan fingerprint density at radius 2 is 2.29 bits per heavy atom. The standard InChI is InChI=1S/C12H18N2O3/c1-9-2-3-11(15)10(6-9)7-14-4-5-17-8-12(13)16/h2-3,6,14-15H,4-5,7-8H2,1H3,(H2,13,16). The van der Waals surface area contributed by atoms with Crippen molar-refractivity contribution in [3.8, 4) is 5.75 Å². The first kappa shape index (κ1) is 13.5. The zero-order valence-corrected chi connectivity index (χ0v) is 9.90. The monoisotopic (exact) mass is 238 g/mol. The molecule has 1 rings (SSSR count). The molecular weight excluding hydrogens is 220 g/mol. The second kappa shape index (κ2) is 6.88. The van der Waals surface area contributed by atoms with Crippen LogP contribution in [0.15, 0.2) is 18.2 Å². The maximum absolute atomic E-state index is 10.4. The van der Waals surface area contributed by atoms with Gasteiger partial charge >= 0.3 is 0 Å². The first-order chi connectivity index (χ1) is 8.09. The Balaban J connectivity index is 2.22. The maximum atomic E-state index is 10.4. The topological polar surface area (TPSA) is 84.6 Å². The van der Waals surface area contributed by atoms with Gasteiger partial charge in [-0.25, -0.2) is 0 Å². The Morgan fingerprint density at radius 3 is 3.00 bits per heavy atom. The summed E-state index contributed by atoms with van der Waals surface area (Å²) in [5.74, 6) is -0.192. The van der Waals surface area contributed by atoms with Crippen molar-refractivity contribution >= 4 is 5.91 Å². The van der Waals surface area contributed by atoms with Gasteiger partial charge in [-0.2, -0.15) is 0 Å². The number of carbonyl (C=O) groups excluding carboxylic acids is 1. The molecular formula is C12H18N2O3. The first-order valence-electron chi connectivity index (χ1n) is 5.45. The third-order valence-electron chi connectivity index (χ3n) is 2.22. The van der Waals surface area contributed by atoms with Crippen molar-refractivity contribution < 1.29 is 14.6 Å². The lowest BCUT2D eigenvalue weighted by atomic mass is 10.1. The number of phenols is 1. The fraction of sp³-hybridized carbons (Fsp3) is 0.417. The van der Waals surface area contributed by atoms with Crippen LogP contribution >= 0.6 is 0 Å². The molecule has 0 heterocycles. The van der Waals surface area contributed by atoms with Crippen molar-refractivity contribution in [1.82, 2.24) is 5.32 Å². The summed E-state index contributed by atoms with van der Waals surface area (Å²) in [6, 6.07) is 5.46. The largest absolute Gasteiger partial charge is 0.508 e. The van der Waals surface area contributed by atoms with Gasteiger partial charge in [-0.1, -0.05) is 17.7 Å². The lowest BCUT2D eigenvalue weighted by molar-refractivity contribution is -0.122. The van der Waals surface area contributed by atoms with Crippen LogP contribution in [0.1, 0.15) is 11.1 Å². The van der Waals surface area contributed by atoms with E-state index in [2.05, 4.69) is 5.32 Å². The van der Waals surface area contributed by atoms with Crippen LogP contribution in [0.2, 0.25) is 0 Å². The number of ether oxygens (including phenoxy) is 1. The lowest BCUT2D eigenvalue weighted by Gasteiger charge is -2.07. The molecule has 1 aromatic carbocycles. The number of primary amides is 1. The van der Waals surface area contributed by atoms with Crippen LogP contribution in [0.25, 0.3) is 0 Å². The molecule has 0 aliphatic carbocycles. The van der Waals surface area contributed by atoms with Crippen molar-refractivity contribution in [2.45, 2.75) is 13.5 Å². The SMILES string of the molecule is Cc1ccc(O)c(CNCCOCC(N)=O)c1. The highest BCUT2D eigenvalue weighted by molar-refractivity contribution is 5.74. The molecule has 0 spiro atoms. The maximum Gasteiger partial charge on any atom is 0.243 e. The Labute approximate surface area is 101 Å². The predicted octanol–water partition coefficient (Wildman–Crippen LogP) is 0.292. The van der Waals surface area contributed by atoms with E-state index >= 15 is 0 Å². The molecule has 1 amide bonds. The highest BCUT2D eigenvalue weighted by atomic mass is 16.5. The summed E-state index contributed by atoms with van der Waals surface area (Å²) in [5.41, 5.74) is 6.87. The number of rotatable bonds is 7. The van der Waals surface area contributed by atoms with E-state index in [0.717, 1.165) is 11.1 Å². The normalized spacial score (nSPS) is 10.4. The minimum absolute atomic E-state index is 0.0582. The summed E-state index contributed by atoms with van der Waals surface area (Å²) in [4.78, 5) is 10.4. The molecule has 0 aromatic heterocycles. The zero-order valence-electron chi connectivity index (χ0n) is 9.90. The lowest BCUT2D eigenvalue weighted by Crippen LogP contribution is -2.23. The van der Waals surface area contributed by atoms with Gasteiger partial charge in [0.25, 0.3) is 0 Å². The van der Waals surface area contributed by atoms with Crippen molar-refractivity contribution in [3.63, 3.8) is 0 Å². The summed E-state index contributed by atoms with van der Waals surface area (Å²) in [7, 11) is 0. The summed E-state index contributed by atoms with van der Waals surface area (Å²) in [5, 5.41) is 12.7. The highest BCUT2D eigenvalue weighted by Gasteiger charge is 2.00. The number of phenolic OH excluding ortho intramolecular Hbond substituents is 1. The van der Waals surface area contributed by atoms with Crippen molar-refractivity contribution in [3.05, 3.63) is 29.3 Å². The molecule has 0 unspecified atom stereocenters. The van der Waals surface area contributed by atoms with Gasteiger partial charge in [0.1, 0.15) is 12.4 Å². The summed E-state index contributed by atoms with van der Waals surface area (Å²) >= 11 is 0. The number of aryl methyl sites for hydroxylation is 1. The van der Waals surface area contributed by atoms with Crippen LogP contribution in [-0.4, -0.2) is 30.8 Å². The number of amides is 1. The number of hydrogen-bond donors (Lipinski definition) is 3. The van der Waals surface area contributed by atoms with E-state index < -0.39 is 5.91 Å². The summed E-state index contributed by atoms with van der Waals surface area (Å²) in [6.45, 7) is 3.49. The molecule has 94 valence electrons. The van der Waals surface area contributed by atoms with Gasteiger partial charge in [0.15, 0.2) is 0 Å². The molecule has 0 saturated carbocycles. The van der Waals surface area contributed by atoms with E-state index in [1.165, 1.54) is 0 Å². The molecule has 1 aromatic rings. The Morgan fingerprint density at radius 1 is 1.53 bits per heavy atom. The molecule has 4 N–H and O–H groups in total. The van der Waals surface area contributed by atoms with E-state index in [1.807, 2.05) is 19.1 Å². The summed E-state index contributed by atoms with van der Waals surface area (Å²) < 4.78 is 4.99. The molecule has 5 nitrogen and oxygen atoms in total. The van der Waals surface area contributed by atoms with E-state index in [4.69, 9.17) is 10.5 Å². The van der Waals surface area contributed by atoms with Crippen LogP contribution < -0.4 is 11.1 Å². The van der Waals surface area contributed by atoms with Gasteiger partial charge in [0.2, 0.25) is 5.91 Å². The number of carbonyl (C=O) groups is 1. The van der Waals surface area contributed by atoms with Crippen LogP contribution in [0.5, 0.6) is 5.75 Å². The van der Waals surface area contributed by atoms with Gasteiger partial charge in [-0.05, 0) is 13.0 Å². The Kier molecular flexibility index (Phi) is 5.45. The van der Waals surface area contributed by atoms with Gasteiger partial charge in [-0.3, -0.25) is 4.79 Å². The number of benzene rings is 1. The molecule has 0 aliphatic rings. The first-order valence-corrected chi connectivity index (χ1v) is 5.45. The number of hydrogen-bond acceptors (Lipinski definition) is 4. The molecule has 5 heteroatoms. The van der Waals surface area contributed by atoms with Crippen molar-refractivity contribution in [2.24, 2.45) is 5.73 Å². The molecule has 0 fully saturated rings. The molecule has 0 bridgehead atoms. The molecule has 17 heavy (non-hydrogen) atoms. The molecule has 0 atom stereocenters. The number of nitrogens with two attached hydrogens (primary N) is 1. The van der Waals surface area contributed by atoms with Gasteiger partial charge in [-0.15, -0.1) is 0 Å². The zero-order chi connectivity index (χ0) is 12.7. The van der Waals surface area contributed by atoms with Crippen molar-refractivity contribution in [1.29, 1.82) is 0 Å². The fourth-order valence-corrected chi connectivity index (χ4v) is 1.40. The Bertz CT molecular complexity index is 380. The number of nitrogens with one attached hydrogen (secondary N) is 1. The smallest absolute Gasteiger partial charge is 0.243 e. The van der Waals surface area contributed by atoms with Gasteiger partial charge < -0.3 is 20.9 Å². The summed E-state index contributed by atoms with van der Waals surface area (Å²) in [6.07, 6.45) is 0. The molecule has 0 radical (unpaired) electrons. The van der Waals surface area contributed by atoms with Crippen molar-refractivity contribution in [2.75, 3.05) is 19.8 Å². The number of aromatic hydroxyl groups is 1. The quantitative estimate of drug-likeness (QED) is 0.596. The average Bonchev–Trinajstić information content (AvgIpc) is 2.27. The molecule has 0 saturated heterocycles. The van der Waals surface area contributed by atoms with E-state index in [-0.39, 0.29) is 12.4 Å². The Hall–Kier alpha value is -1.59. The van der Waals surface area contributed by atoms with Crippen LogP contribution in [-0.2, 0) is 16.1 Å². The predicted molar refractivity (Wildman–Crippen MR) is 64.6 cm³/mol. The van der Waals surface area contributed by atoms with E-state index in [9.17, 15) is 9.90 Å². The fourth-order valence-electron chi connectivity index (χ4n) is 1.40. The highest BCUT2D eigenvalue weighted by Crippen LogP contribution is 2.17. The third-order valence-corrected chi connectivity index (χ3v) is 2.22. The van der Waals surface area contributed by atoms with Crippen LogP contribution in [0, 0.1) is 6.92 Å². The van der Waals surface area contributed by atoms with E-state index in [1.54, 1.807) is 6.07 Å². The second-order valence-corrected chi connectivity index (χ2v) is 3.83. The van der Waals surface area contributed by atoms with Crippen LogP contribution in [0.3, 0.4) is 0 Å². The minimum Gasteiger partial charge on any atom is -0.508 e.